The third kappa shape index (κ3) is 5.35. The number of anilines is 2. The summed E-state index contributed by atoms with van der Waals surface area (Å²) in [6.07, 6.45) is -4.45. The minimum Gasteiger partial charge on any atom is -0.378 e. The first-order valence-electron chi connectivity index (χ1n) is 7.49. The topological polar surface area (TPSA) is 56.4 Å². The van der Waals surface area contributed by atoms with Crippen LogP contribution in [0.15, 0.2) is 48.5 Å². The molecule has 0 radical (unpaired) electrons. The number of halogens is 3. The first-order chi connectivity index (χ1) is 12.2. The van der Waals surface area contributed by atoms with Crippen molar-refractivity contribution < 1.29 is 18.0 Å². The molecule has 1 amide bonds. The Morgan fingerprint density at radius 1 is 1.04 bits per heavy atom. The van der Waals surface area contributed by atoms with Crippen molar-refractivity contribution >= 4 is 34.6 Å². The molecular weight excluding hydrogens is 365 g/mol. The van der Waals surface area contributed by atoms with E-state index < -0.39 is 17.6 Å². The maximum absolute atomic E-state index is 12.7. The summed E-state index contributed by atoms with van der Waals surface area (Å²) in [4.78, 5) is 14.0. The van der Waals surface area contributed by atoms with Gasteiger partial charge in [0, 0.05) is 31.0 Å². The van der Waals surface area contributed by atoms with E-state index in [1.807, 2.05) is 25.1 Å². The zero-order valence-electron chi connectivity index (χ0n) is 14.0. The van der Waals surface area contributed by atoms with Gasteiger partial charge in [0.25, 0.3) is 5.91 Å². The first kappa shape index (κ1) is 19.5. The van der Waals surface area contributed by atoms with E-state index in [1.165, 1.54) is 12.1 Å². The fourth-order valence-electron chi connectivity index (χ4n) is 2.05. The highest BCUT2D eigenvalue weighted by atomic mass is 32.1. The van der Waals surface area contributed by atoms with Crippen LogP contribution in [0.1, 0.15) is 15.9 Å². The normalized spacial score (nSPS) is 10.8. The number of nitrogens with zero attached hydrogens (tertiary/aromatic N) is 1. The predicted molar refractivity (Wildman–Crippen MR) is 99.0 cm³/mol. The summed E-state index contributed by atoms with van der Waals surface area (Å²) in [6, 6.07) is 11.5. The molecule has 0 atom stereocenters. The minimum absolute atomic E-state index is 0.0403. The lowest BCUT2D eigenvalue weighted by Gasteiger charge is -2.15. The predicted octanol–water partition coefficient (Wildman–Crippen LogP) is 3.40. The Balaban J connectivity index is 1.95. The van der Waals surface area contributed by atoms with Gasteiger partial charge in [0.2, 0.25) is 0 Å². The molecule has 0 aliphatic rings. The van der Waals surface area contributed by atoms with Gasteiger partial charge < -0.3 is 10.2 Å². The molecule has 0 aliphatic carbocycles. The standard InChI is InChI=1S/C17H17F3N4OS/c1-24(2)14-8-3-5-11(9-14)15(25)22-23-16(26)21-13-7-4-6-12(10-13)17(18,19)20/h3-10H,1-2H3,(H,22,25)(H2,21,23,26). The number of carbonyl (C=O) groups excluding carboxylic acids is 1. The molecule has 0 saturated carbocycles. The molecule has 0 spiro atoms. The molecule has 0 saturated heterocycles. The van der Waals surface area contributed by atoms with Crippen LogP contribution in [0, 0.1) is 0 Å². The third-order valence-electron chi connectivity index (χ3n) is 3.36. The summed E-state index contributed by atoms with van der Waals surface area (Å²) in [6.45, 7) is 0. The number of amides is 1. The summed E-state index contributed by atoms with van der Waals surface area (Å²) in [5.41, 5.74) is 5.47. The van der Waals surface area contributed by atoms with E-state index in [9.17, 15) is 18.0 Å². The van der Waals surface area contributed by atoms with Crippen LogP contribution in [-0.2, 0) is 6.18 Å². The number of nitrogens with one attached hydrogen (secondary N) is 3. The number of benzene rings is 2. The van der Waals surface area contributed by atoms with Crippen molar-refractivity contribution in [3.05, 3.63) is 59.7 Å². The van der Waals surface area contributed by atoms with E-state index in [0.717, 1.165) is 17.8 Å². The highest BCUT2D eigenvalue weighted by molar-refractivity contribution is 7.80. The second-order valence-corrected chi connectivity index (χ2v) is 5.96. The number of hydrazine groups is 1. The summed E-state index contributed by atoms with van der Waals surface area (Å²) >= 11 is 4.98. The number of thiocarbonyl (C=S) groups is 1. The number of rotatable bonds is 3. The number of hydrogen-bond acceptors (Lipinski definition) is 3. The second kappa shape index (κ2) is 8.05. The van der Waals surface area contributed by atoms with Crippen molar-refractivity contribution in [1.29, 1.82) is 0 Å². The van der Waals surface area contributed by atoms with Crippen LogP contribution in [0.25, 0.3) is 0 Å². The van der Waals surface area contributed by atoms with Gasteiger partial charge in [-0.1, -0.05) is 12.1 Å². The summed E-state index contributed by atoms with van der Waals surface area (Å²) < 4.78 is 38.1. The minimum atomic E-state index is -4.45. The lowest BCUT2D eigenvalue weighted by atomic mass is 10.2. The highest BCUT2D eigenvalue weighted by Gasteiger charge is 2.30. The highest BCUT2D eigenvalue weighted by Crippen LogP contribution is 2.30. The van der Waals surface area contributed by atoms with Gasteiger partial charge in [-0.25, -0.2) is 0 Å². The molecule has 9 heteroatoms. The van der Waals surface area contributed by atoms with Crippen LogP contribution in [-0.4, -0.2) is 25.1 Å². The fraction of sp³-hybridized carbons (Fsp3) is 0.176. The average molecular weight is 382 g/mol. The van der Waals surface area contributed by atoms with E-state index in [2.05, 4.69) is 16.2 Å². The van der Waals surface area contributed by atoms with E-state index >= 15 is 0 Å². The van der Waals surface area contributed by atoms with Crippen LogP contribution >= 0.6 is 12.2 Å². The van der Waals surface area contributed by atoms with E-state index in [0.29, 0.717) is 5.56 Å². The Bertz CT molecular complexity index is 809. The van der Waals surface area contributed by atoms with Crippen molar-refractivity contribution in [2.24, 2.45) is 0 Å². The van der Waals surface area contributed by atoms with Crippen molar-refractivity contribution in [1.82, 2.24) is 10.9 Å². The van der Waals surface area contributed by atoms with E-state index in [-0.39, 0.29) is 10.8 Å². The van der Waals surface area contributed by atoms with Gasteiger partial charge in [-0.05, 0) is 48.6 Å². The summed E-state index contributed by atoms with van der Waals surface area (Å²) in [7, 11) is 3.70. The zero-order chi connectivity index (χ0) is 19.3. The lowest BCUT2D eigenvalue weighted by molar-refractivity contribution is -0.137. The molecule has 138 valence electrons. The van der Waals surface area contributed by atoms with Crippen LogP contribution < -0.4 is 21.1 Å². The average Bonchev–Trinajstić information content (AvgIpc) is 2.59. The van der Waals surface area contributed by atoms with Gasteiger partial charge in [0.1, 0.15) is 0 Å². The molecule has 2 aromatic carbocycles. The maximum atomic E-state index is 12.7. The molecule has 3 N–H and O–H groups in total. The van der Waals surface area contributed by atoms with Gasteiger partial charge in [0.05, 0.1) is 5.56 Å². The first-order valence-corrected chi connectivity index (χ1v) is 7.89. The lowest BCUT2D eigenvalue weighted by Crippen LogP contribution is -2.43. The van der Waals surface area contributed by atoms with Crippen LogP contribution in [0.2, 0.25) is 0 Å². The third-order valence-corrected chi connectivity index (χ3v) is 3.57. The van der Waals surface area contributed by atoms with Crippen molar-refractivity contribution in [3.8, 4) is 0 Å². The van der Waals surface area contributed by atoms with Gasteiger partial charge in [-0.3, -0.25) is 15.6 Å². The zero-order valence-corrected chi connectivity index (χ0v) is 14.8. The molecule has 2 rings (SSSR count). The molecule has 5 nitrogen and oxygen atoms in total. The maximum Gasteiger partial charge on any atom is 0.416 e. The van der Waals surface area contributed by atoms with Crippen molar-refractivity contribution in [3.63, 3.8) is 0 Å². The number of hydrogen-bond donors (Lipinski definition) is 3. The van der Waals surface area contributed by atoms with Crippen molar-refractivity contribution in [2.45, 2.75) is 6.18 Å². The monoisotopic (exact) mass is 382 g/mol. The molecule has 0 aliphatic heterocycles. The van der Waals surface area contributed by atoms with E-state index in [1.54, 1.807) is 18.2 Å². The van der Waals surface area contributed by atoms with Crippen LogP contribution in [0.4, 0.5) is 24.5 Å². The molecule has 0 bridgehead atoms. The second-order valence-electron chi connectivity index (χ2n) is 5.56. The molecule has 0 unspecified atom stereocenters. The molecule has 0 fully saturated rings. The fourth-order valence-corrected chi connectivity index (χ4v) is 2.22. The van der Waals surface area contributed by atoms with Gasteiger partial charge in [0.15, 0.2) is 5.11 Å². The molecule has 2 aromatic rings. The summed E-state index contributed by atoms with van der Waals surface area (Å²) in [5, 5.41) is 2.55. The van der Waals surface area contributed by atoms with Gasteiger partial charge >= 0.3 is 6.18 Å². The number of alkyl halides is 3. The van der Waals surface area contributed by atoms with E-state index in [4.69, 9.17) is 12.2 Å². The summed E-state index contributed by atoms with van der Waals surface area (Å²) in [5.74, 6) is -0.429. The Labute approximate surface area is 154 Å². The Kier molecular flexibility index (Phi) is 6.04. The van der Waals surface area contributed by atoms with Crippen LogP contribution in [0.3, 0.4) is 0 Å². The Morgan fingerprint density at radius 3 is 2.38 bits per heavy atom. The van der Waals surface area contributed by atoms with Crippen LogP contribution in [0.5, 0.6) is 0 Å². The van der Waals surface area contributed by atoms with Gasteiger partial charge in [-0.15, -0.1) is 0 Å². The molecule has 0 aromatic heterocycles. The largest absolute Gasteiger partial charge is 0.416 e. The SMILES string of the molecule is CN(C)c1cccc(C(=O)NNC(=S)Nc2cccc(C(F)(F)F)c2)c1. The Hall–Kier alpha value is -2.81. The quantitative estimate of drug-likeness (QED) is 0.561. The molecule has 26 heavy (non-hydrogen) atoms. The van der Waals surface area contributed by atoms with Crippen molar-refractivity contribution in [2.75, 3.05) is 24.3 Å². The smallest absolute Gasteiger partial charge is 0.378 e. The Morgan fingerprint density at radius 2 is 1.73 bits per heavy atom. The van der Waals surface area contributed by atoms with Gasteiger partial charge in [-0.2, -0.15) is 13.2 Å². The number of carbonyl (C=O) groups is 1. The molecule has 0 heterocycles. The molecular formula is C17H17F3N4OS.